The van der Waals surface area contributed by atoms with Crippen LogP contribution >= 0.6 is 0 Å². The van der Waals surface area contributed by atoms with E-state index in [1.54, 1.807) is 0 Å². The zero-order chi connectivity index (χ0) is 15.4. The fourth-order valence-corrected chi connectivity index (χ4v) is 2.70. The maximum absolute atomic E-state index is 6.20. The number of aromatic nitrogens is 2. The van der Waals surface area contributed by atoms with Gasteiger partial charge in [0.05, 0.1) is 16.7 Å². The fraction of sp³-hybridized carbons (Fsp3) is 0.562. The van der Waals surface area contributed by atoms with Gasteiger partial charge in [0.1, 0.15) is 0 Å². The van der Waals surface area contributed by atoms with Gasteiger partial charge in [-0.05, 0) is 45.1 Å². The topological polar surface area (TPSA) is 47.1 Å². The van der Waals surface area contributed by atoms with Crippen molar-refractivity contribution in [3.8, 4) is 0 Å². The monoisotopic (exact) mass is 286 g/mol. The maximum Gasteiger partial charge on any atom is 0.495 e. The largest absolute Gasteiger partial charge is 0.495 e. The number of hydrogen-bond donors (Lipinski definition) is 1. The van der Waals surface area contributed by atoms with Gasteiger partial charge < -0.3 is 9.31 Å². The molecule has 0 amide bonds. The molecule has 5 heteroatoms. The Bertz CT molecular complexity index is 660. The lowest BCUT2D eigenvalue weighted by Crippen LogP contribution is -2.41. The Hall–Kier alpha value is -1.33. The van der Waals surface area contributed by atoms with Crippen LogP contribution in [0.15, 0.2) is 18.2 Å². The first kappa shape index (κ1) is 14.6. The van der Waals surface area contributed by atoms with Crippen LogP contribution in [-0.4, -0.2) is 28.5 Å². The third-order valence-electron chi connectivity index (χ3n) is 4.73. The van der Waals surface area contributed by atoms with Gasteiger partial charge in [-0.1, -0.05) is 26.0 Å². The van der Waals surface area contributed by atoms with Crippen molar-refractivity contribution in [2.45, 2.75) is 58.7 Å². The van der Waals surface area contributed by atoms with Crippen molar-refractivity contribution in [2.24, 2.45) is 0 Å². The van der Waals surface area contributed by atoms with E-state index < -0.39 is 0 Å². The third-order valence-corrected chi connectivity index (χ3v) is 4.73. The lowest BCUT2D eigenvalue weighted by Gasteiger charge is -2.32. The lowest BCUT2D eigenvalue weighted by atomic mass is 9.76. The van der Waals surface area contributed by atoms with Crippen molar-refractivity contribution in [1.29, 1.82) is 0 Å². The van der Waals surface area contributed by atoms with E-state index in [4.69, 9.17) is 9.31 Å². The molecule has 1 fully saturated rings. The van der Waals surface area contributed by atoms with Crippen LogP contribution in [0.25, 0.3) is 10.9 Å². The number of fused-ring (bicyclic) bond motifs is 1. The van der Waals surface area contributed by atoms with Crippen LogP contribution < -0.4 is 5.46 Å². The SMILES string of the molecule is CC(C)c1[nH]nc2cccc(B3OC(C)(C)C(C)(C)O3)c12. The third kappa shape index (κ3) is 2.19. The normalized spacial score (nSPS) is 20.6. The smallest absolute Gasteiger partial charge is 0.399 e. The molecule has 0 radical (unpaired) electrons. The average Bonchev–Trinajstić information content (AvgIpc) is 2.88. The molecule has 1 aliphatic heterocycles. The van der Waals surface area contributed by atoms with E-state index in [0.717, 1.165) is 22.1 Å². The highest BCUT2D eigenvalue weighted by molar-refractivity contribution is 6.65. The standard InChI is InChI=1S/C16H23BN2O2/c1-10(2)14-13-11(8-7-9-12(13)18-19-14)17-20-15(3,4)16(5,6)21-17/h7-10H,1-6H3,(H,18,19). The predicted molar refractivity (Wildman–Crippen MR) is 85.9 cm³/mol. The summed E-state index contributed by atoms with van der Waals surface area (Å²) in [5.41, 5.74) is 2.49. The minimum atomic E-state index is -0.353. The Kier molecular flexibility index (Phi) is 3.19. The molecule has 0 bridgehead atoms. The molecule has 21 heavy (non-hydrogen) atoms. The van der Waals surface area contributed by atoms with Crippen LogP contribution in [0.1, 0.15) is 53.2 Å². The number of hydrogen-bond acceptors (Lipinski definition) is 3. The molecule has 112 valence electrons. The molecule has 1 saturated heterocycles. The number of benzene rings is 1. The molecule has 2 aromatic rings. The molecule has 0 saturated carbocycles. The summed E-state index contributed by atoms with van der Waals surface area (Å²) in [5, 5.41) is 8.70. The number of H-pyrrole nitrogens is 1. The quantitative estimate of drug-likeness (QED) is 0.863. The van der Waals surface area contributed by atoms with Crippen LogP contribution in [0, 0.1) is 0 Å². The Morgan fingerprint density at radius 2 is 1.71 bits per heavy atom. The van der Waals surface area contributed by atoms with Crippen molar-refractivity contribution in [3.05, 3.63) is 23.9 Å². The molecule has 1 aromatic heterocycles. The summed E-state index contributed by atoms with van der Waals surface area (Å²) >= 11 is 0. The van der Waals surface area contributed by atoms with E-state index in [1.807, 2.05) is 12.1 Å². The van der Waals surface area contributed by atoms with Crippen LogP contribution in [0.5, 0.6) is 0 Å². The molecule has 1 N–H and O–H groups in total. The highest BCUT2D eigenvalue weighted by Crippen LogP contribution is 2.37. The van der Waals surface area contributed by atoms with E-state index in [1.165, 1.54) is 0 Å². The Labute approximate surface area is 126 Å². The zero-order valence-corrected chi connectivity index (χ0v) is 13.7. The van der Waals surface area contributed by atoms with Gasteiger partial charge in [0.25, 0.3) is 0 Å². The molecule has 0 spiro atoms. The lowest BCUT2D eigenvalue weighted by molar-refractivity contribution is 0.00578. The molecule has 0 unspecified atom stereocenters. The number of aromatic amines is 1. The van der Waals surface area contributed by atoms with E-state index in [2.05, 4.69) is 57.8 Å². The number of nitrogens with one attached hydrogen (secondary N) is 1. The molecule has 2 heterocycles. The summed E-state index contributed by atoms with van der Waals surface area (Å²) in [7, 11) is -0.353. The van der Waals surface area contributed by atoms with Crippen LogP contribution in [0.3, 0.4) is 0 Å². The molecule has 1 aliphatic rings. The predicted octanol–water partition coefficient (Wildman–Crippen LogP) is 2.99. The Balaban J connectivity index is 2.12. The van der Waals surface area contributed by atoms with Crippen LogP contribution in [0.4, 0.5) is 0 Å². The van der Waals surface area contributed by atoms with Crippen molar-refractivity contribution in [1.82, 2.24) is 10.2 Å². The second kappa shape index (κ2) is 4.58. The van der Waals surface area contributed by atoms with Crippen LogP contribution in [0.2, 0.25) is 0 Å². The van der Waals surface area contributed by atoms with Gasteiger partial charge in [-0.15, -0.1) is 0 Å². The van der Waals surface area contributed by atoms with Gasteiger partial charge in [0.15, 0.2) is 0 Å². The second-order valence-electron chi connectivity index (χ2n) is 7.12. The van der Waals surface area contributed by atoms with Gasteiger partial charge in [0, 0.05) is 11.1 Å². The van der Waals surface area contributed by atoms with E-state index in [9.17, 15) is 0 Å². The van der Waals surface area contributed by atoms with Gasteiger partial charge in [-0.25, -0.2) is 0 Å². The van der Waals surface area contributed by atoms with Crippen molar-refractivity contribution in [2.75, 3.05) is 0 Å². The number of nitrogens with zero attached hydrogens (tertiary/aromatic N) is 1. The summed E-state index contributed by atoms with van der Waals surface area (Å²) < 4.78 is 12.4. The van der Waals surface area contributed by atoms with E-state index in [0.29, 0.717) is 5.92 Å². The van der Waals surface area contributed by atoms with Crippen molar-refractivity contribution in [3.63, 3.8) is 0 Å². The fourth-order valence-electron chi connectivity index (χ4n) is 2.70. The minimum absolute atomic E-state index is 0.332. The summed E-state index contributed by atoms with van der Waals surface area (Å²) in [6.45, 7) is 12.6. The molecular formula is C16H23BN2O2. The van der Waals surface area contributed by atoms with Gasteiger partial charge in [-0.3, -0.25) is 5.10 Å². The molecule has 4 nitrogen and oxygen atoms in total. The molecule has 1 aromatic carbocycles. The van der Waals surface area contributed by atoms with Crippen molar-refractivity contribution >= 4 is 23.5 Å². The van der Waals surface area contributed by atoms with E-state index in [-0.39, 0.29) is 18.3 Å². The first-order chi connectivity index (χ1) is 9.73. The summed E-state index contributed by atoms with van der Waals surface area (Å²) in [6, 6.07) is 6.10. The van der Waals surface area contributed by atoms with Gasteiger partial charge in [-0.2, -0.15) is 5.10 Å². The second-order valence-corrected chi connectivity index (χ2v) is 7.12. The maximum atomic E-state index is 6.20. The Morgan fingerprint density at radius 1 is 1.10 bits per heavy atom. The highest BCUT2D eigenvalue weighted by atomic mass is 16.7. The van der Waals surface area contributed by atoms with E-state index >= 15 is 0 Å². The van der Waals surface area contributed by atoms with Crippen LogP contribution in [-0.2, 0) is 9.31 Å². The zero-order valence-electron chi connectivity index (χ0n) is 13.7. The highest BCUT2D eigenvalue weighted by Gasteiger charge is 2.52. The first-order valence-corrected chi connectivity index (χ1v) is 7.55. The van der Waals surface area contributed by atoms with Crippen molar-refractivity contribution < 1.29 is 9.31 Å². The number of rotatable bonds is 2. The summed E-state index contributed by atoms with van der Waals surface area (Å²) in [4.78, 5) is 0. The summed E-state index contributed by atoms with van der Waals surface area (Å²) in [6.07, 6.45) is 0. The molecule has 0 atom stereocenters. The Morgan fingerprint density at radius 3 is 2.29 bits per heavy atom. The molecule has 3 rings (SSSR count). The molecular weight excluding hydrogens is 263 g/mol. The van der Waals surface area contributed by atoms with Gasteiger partial charge >= 0.3 is 7.12 Å². The molecule has 0 aliphatic carbocycles. The average molecular weight is 286 g/mol. The van der Waals surface area contributed by atoms with Gasteiger partial charge in [0.2, 0.25) is 0 Å². The minimum Gasteiger partial charge on any atom is -0.399 e. The first-order valence-electron chi connectivity index (χ1n) is 7.55. The summed E-state index contributed by atoms with van der Waals surface area (Å²) in [5.74, 6) is 0.374.